The molecule has 1 aromatic rings. The summed E-state index contributed by atoms with van der Waals surface area (Å²) in [7, 11) is 0. The summed E-state index contributed by atoms with van der Waals surface area (Å²) in [6.07, 6.45) is 2.50. The fraction of sp³-hybridized carbons (Fsp3) is 0.636. The van der Waals surface area contributed by atoms with Crippen LogP contribution in [0.25, 0.3) is 0 Å². The van der Waals surface area contributed by atoms with Crippen LogP contribution >= 0.6 is 11.6 Å². The fourth-order valence-electron chi connectivity index (χ4n) is 1.83. The third-order valence-electron chi connectivity index (χ3n) is 2.73. The molecule has 1 saturated heterocycles. The lowest BCUT2D eigenvalue weighted by Crippen LogP contribution is -2.19. The molecule has 1 aliphatic heterocycles. The zero-order valence-corrected chi connectivity index (χ0v) is 9.96. The molecule has 3 nitrogen and oxygen atoms in total. The van der Waals surface area contributed by atoms with Gasteiger partial charge in [0, 0.05) is 19.2 Å². The zero-order valence-electron chi connectivity index (χ0n) is 9.20. The fourth-order valence-corrected chi connectivity index (χ4v) is 2.01. The summed E-state index contributed by atoms with van der Waals surface area (Å²) in [5.41, 5.74) is 1.02. The quantitative estimate of drug-likeness (QED) is 0.725. The molecule has 0 amide bonds. The number of halogens is 1. The van der Waals surface area contributed by atoms with Crippen molar-refractivity contribution in [1.29, 1.82) is 0 Å². The van der Waals surface area contributed by atoms with Crippen LogP contribution in [-0.2, 0) is 0 Å². The summed E-state index contributed by atoms with van der Waals surface area (Å²) in [6.45, 7) is 6.41. The van der Waals surface area contributed by atoms with Crippen LogP contribution in [0.4, 0.5) is 5.82 Å². The molecule has 1 aromatic heterocycles. The van der Waals surface area contributed by atoms with Crippen molar-refractivity contribution in [3.05, 3.63) is 17.0 Å². The predicted octanol–water partition coefficient (Wildman–Crippen LogP) is 2.85. The second-order valence-electron chi connectivity index (χ2n) is 4.27. The van der Waals surface area contributed by atoms with E-state index in [4.69, 9.17) is 11.6 Å². The first kappa shape index (κ1) is 10.7. The number of aromatic nitrogens is 2. The van der Waals surface area contributed by atoms with Crippen molar-refractivity contribution in [2.75, 3.05) is 18.0 Å². The van der Waals surface area contributed by atoms with Crippen LogP contribution in [0, 0.1) is 0 Å². The lowest BCUT2D eigenvalue weighted by atomic mass is 10.1. The Hall–Kier alpha value is -0.830. The Morgan fingerprint density at radius 2 is 1.93 bits per heavy atom. The van der Waals surface area contributed by atoms with Crippen LogP contribution in [0.15, 0.2) is 6.07 Å². The third-order valence-corrected chi connectivity index (χ3v) is 2.90. The highest BCUT2D eigenvalue weighted by molar-refractivity contribution is 6.28. The van der Waals surface area contributed by atoms with Gasteiger partial charge in [0.25, 0.3) is 0 Å². The minimum Gasteiger partial charge on any atom is -0.356 e. The molecule has 0 aliphatic carbocycles. The van der Waals surface area contributed by atoms with Crippen molar-refractivity contribution in [3.8, 4) is 0 Å². The van der Waals surface area contributed by atoms with E-state index in [0.717, 1.165) is 24.6 Å². The van der Waals surface area contributed by atoms with E-state index >= 15 is 0 Å². The molecule has 0 saturated carbocycles. The second kappa shape index (κ2) is 4.35. The Balaban J connectivity index is 2.30. The first-order chi connectivity index (χ1) is 7.16. The molecule has 0 N–H and O–H groups in total. The number of anilines is 1. The molecule has 0 bridgehead atoms. The standard InChI is InChI=1S/C11H16ClN3/c1-8(2)9-7-10(14-11(12)13-9)15-5-3-4-6-15/h7-8H,3-6H2,1-2H3. The van der Waals surface area contributed by atoms with Crippen LogP contribution in [0.3, 0.4) is 0 Å². The van der Waals surface area contributed by atoms with Gasteiger partial charge in [-0.15, -0.1) is 0 Å². The smallest absolute Gasteiger partial charge is 0.224 e. The predicted molar refractivity (Wildman–Crippen MR) is 62.6 cm³/mol. The topological polar surface area (TPSA) is 29.0 Å². The molecule has 0 spiro atoms. The molecule has 15 heavy (non-hydrogen) atoms. The van der Waals surface area contributed by atoms with Gasteiger partial charge in [-0.3, -0.25) is 0 Å². The van der Waals surface area contributed by atoms with Crippen LogP contribution in [0.5, 0.6) is 0 Å². The second-order valence-corrected chi connectivity index (χ2v) is 4.61. The van der Waals surface area contributed by atoms with Gasteiger partial charge >= 0.3 is 0 Å². The van der Waals surface area contributed by atoms with E-state index in [9.17, 15) is 0 Å². The monoisotopic (exact) mass is 225 g/mol. The van der Waals surface area contributed by atoms with Gasteiger partial charge in [-0.05, 0) is 30.4 Å². The van der Waals surface area contributed by atoms with Crippen molar-refractivity contribution >= 4 is 17.4 Å². The minimum atomic E-state index is 0.364. The average molecular weight is 226 g/mol. The normalized spacial score (nSPS) is 16.4. The third kappa shape index (κ3) is 2.40. The molecule has 2 heterocycles. The minimum absolute atomic E-state index is 0.364. The van der Waals surface area contributed by atoms with Gasteiger partial charge < -0.3 is 4.90 Å². The Morgan fingerprint density at radius 3 is 2.53 bits per heavy atom. The SMILES string of the molecule is CC(C)c1cc(N2CCCC2)nc(Cl)n1. The number of nitrogens with zero attached hydrogens (tertiary/aromatic N) is 3. The Labute approximate surface area is 95.5 Å². The lowest BCUT2D eigenvalue weighted by molar-refractivity contribution is 0.806. The van der Waals surface area contributed by atoms with E-state index in [1.54, 1.807) is 0 Å². The molecule has 1 fully saturated rings. The molecular weight excluding hydrogens is 210 g/mol. The highest BCUT2D eigenvalue weighted by Gasteiger charge is 2.16. The van der Waals surface area contributed by atoms with Gasteiger partial charge in [0.2, 0.25) is 5.28 Å². The molecule has 82 valence electrons. The summed E-state index contributed by atoms with van der Waals surface area (Å²) < 4.78 is 0. The van der Waals surface area contributed by atoms with Crippen LogP contribution < -0.4 is 4.90 Å². The maximum Gasteiger partial charge on any atom is 0.224 e. The first-order valence-corrected chi connectivity index (χ1v) is 5.84. The number of rotatable bonds is 2. The van der Waals surface area contributed by atoms with Crippen molar-refractivity contribution in [1.82, 2.24) is 9.97 Å². The van der Waals surface area contributed by atoms with Crippen molar-refractivity contribution < 1.29 is 0 Å². The highest BCUT2D eigenvalue weighted by atomic mass is 35.5. The first-order valence-electron chi connectivity index (χ1n) is 5.46. The summed E-state index contributed by atoms with van der Waals surface area (Å²) in [4.78, 5) is 10.8. The molecule has 0 radical (unpaired) electrons. The Morgan fingerprint density at radius 1 is 1.27 bits per heavy atom. The molecule has 0 atom stereocenters. The van der Waals surface area contributed by atoms with E-state index in [1.165, 1.54) is 12.8 Å². The summed E-state index contributed by atoms with van der Waals surface area (Å²) in [5.74, 6) is 1.38. The van der Waals surface area contributed by atoms with Crippen molar-refractivity contribution in [2.45, 2.75) is 32.6 Å². The van der Waals surface area contributed by atoms with Gasteiger partial charge in [-0.25, -0.2) is 9.97 Å². The summed E-state index contributed by atoms with van der Waals surface area (Å²) >= 11 is 5.92. The molecule has 2 rings (SSSR count). The van der Waals surface area contributed by atoms with E-state index in [0.29, 0.717) is 11.2 Å². The average Bonchev–Trinajstić information content (AvgIpc) is 2.69. The summed E-state index contributed by atoms with van der Waals surface area (Å²) in [5, 5.41) is 0.364. The molecular formula is C11H16ClN3. The van der Waals surface area contributed by atoms with E-state index in [1.807, 2.05) is 0 Å². The van der Waals surface area contributed by atoms with Gasteiger partial charge in [0.15, 0.2) is 0 Å². The molecule has 1 aliphatic rings. The van der Waals surface area contributed by atoms with Gasteiger partial charge in [-0.2, -0.15) is 0 Å². The summed E-state index contributed by atoms with van der Waals surface area (Å²) in [6, 6.07) is 2.06. The molecule has 0 unspecified atom stereocenters. The van der Waals surface area contributed by atoms with E-state index in [-0.39, 0.29) is 0 Å². The van der Waals surface area contributed by atoms with Gasteiger partial charge in [-0.1, -0.05) is 13.8 Å². The van der Waals surface area contributed by atoms with Crippen LogP contribution in [0.2, 0.25) is 5.28 Å². The maximum atomic E-state index is 5.92. The molecule has 0 aromatic carbocycles. The van der Waals surface area contributed by atoms with Crippen molar-refractivity contribution in [3.63, 3.8) is 0 Å². The highest BCUT2D eigenvalue weighted by Crippen LogP contribution is 2.23. The largest absolute Gasteiger partial charge is 0.356 e. The van der Waals surface area contributed by atoms with E-state index < -0.39 is 0 Å². The van der Waals surface area contributed by atoms with Crippen LogP contribution in [-0.4, -0.2) is 23.1 Å². The van der Waals surface area contributed by atoms with Crippen molar-refractivity contribution in [2.24, 2.45) is 0 Å². The maximum absolute atomic E-state index is 5.92. The Bertz CT molecular complexity index is 346. The van der Waals surface area contributed by atoms with E-state index in [2.05, 4.69) is 34.8 Å². The Kier molecular flexibility index (Phi) is 3.10. The molecule has 4 heteroatoms. The van der Waals surface area contributed by atoms with Gasteiger partial charge in [0.05, 0.1) is 5.69 Å². The lowest BCUT2D eigenvalue weighted by Gasteiger charge is -2.17. The zero-order chi connectivity index (χ0) is 10.8. The van der Waals surface area contributed by atoms with Gasteiger partial charge in [0.1, 0.15) is 5.82 Å². The number of hydrogen-bond donors (Lipinski definition) is 0. The number of hydrogen-bond acceptors (Lipinski definition) is 3. The van der Waals surface area contributed by atoms with Crippen LogP contribution in [0.1, 0.15) is 38.3 Å².